The third-order valence-electron chi connectivity index (χ3n) is 10.6. The second kappa shape index (κ2) is 19.2. The molecule has 328 valence electrons. The molecule has 3 aromatic carbocycles. The van der Waals surface area contributed by atoms with Crippen molar-refractivity contribution >= 4 is 26.8 Å². The van der Waals surface area contributed by atoms with Gasteiger partial charge in [-0.15, -0.1) is 0 Å². The summed E-state index contributed by atoms with van der Waals surface area (Å²) < 4.78 is 79.7. The van der Waals surface area contributed by atoms with Gasteiger partial charge in [-0.25, -0.2) is 0 Å². The smallest absolute Gasteiger partial charge is 0.534 e. The number of hydrogen-bond donors (Lipinski definition) is 2. The Morgan fingerprint density at radius 1 is 0.717 bits per heavy atom. The van der Waals surface area contributed by atoms with Gasteiger partial charge in [0.25, 0.3) is 0 Å². The number of allylic oxidation sites excluding steroid dienone is 6. The van der Waals surface area contributed by atoms with Gasteiger partial charge in [-0.1, -0.05) is 77.9 Å². The lowest BCUT2D eigenvalue weighted by Crippen LogP contribution is -2.33. The van der Waals surface area contributed by atoms with Gasteiger partial charge in [0, 0.05) is 35.1 Å². The van der Waals surface area contributed by atoms with Crippen LogP contribution >= 0.6 is 0 Å². The molecule has 7 nitrogen and oxygen atoms in total. The number of halogens is 3. The lowest BCUT2D eigenvalue weighted by atomic mass is 9.73. The average molecular weight is 885 g/mol. The lowest BCUT2D eigenvalue weighted by molar-refractivity contribution is -0.0500. The van der Waals surface area contributed by atoms with E-state index in [1.165, 1.54) is 28.8 Å². The second-order valence-corrected chi connectivity index (χ2v) is 28.7. The van der Waals surface area contributed by atoms with Crippen LogP contribution in [0.3, 0.4) is 0 Å². The predicted octanol–water partition coefficient (Wildman–Crippen LogP) is 13.3. The van der Waals surface area contributed by atoms with E-state index >= 15 is 0 Å². The van der Waals surface area contributed by atoms with Gasteiger partial charge < -0.3 is 23.2 Å². The maximum atomic E-state index is 13.0. The molecular formula is C47H63F3O7SSi2. The Bertz CT molecular complexity index is 2140. The lowest BCUT2D eigenvalue weighted by Gasteiger charge is -2.35. The highest BCUT2D eigenvalue weighted by Crippen LogP contribution is 2.50. The van der Waals surface area contributed by atoms with E-state index in [2.05, 4.69) is 48.5 Å². The molecule has 5 rings (SSSR count). The van der Waals surface area contributed by atoms with Crippen LogP contribution < -0.4 is 13.0 Å². The molecule has 13 heteroatoms. The number of phenolic OH excluding ortho intramolecular Hbond substituents is 2. The maximum absolute atomic E-state index is 13.0. The number of rotatable bonds is 13. The molecule has 2 aliphatic carbocycles. The van der Waals surface area contributed by atoms with Crippen molar-refractivity contribution in [3.63, 3.8) is 0 Å². The summed E-state index contributed by atoms with van der Waals surface area (Å²) in [6.45, 7) is 28.1. The summed E-state index contributed by atoms with van der Waals surface area (Å²) in [5.74, 6) is 0.583. The zero-order chi connectivity index (χ0) is 45.0. The van der Waals surface area contributed by atoms with Crippen molar-refractivity contribution in [1.82, 2.24) is 0 Å². The first-order chi connectivity index (χ1) is 27.7. The molecule has 0 aromatic heterocycles. The van der Waals surface area contributed by atoms with Gasteiger partial charge in [0.15, 0.2) is 0 Å². The first-order valence-electron chi connectivity index (χ1n) is 20.5. The second-order valence-electron chi connectivity index (χ2n) is 18.3. The molecule has 0 spiro atoms. The topological polar surface area (TPSA) is 102 Å². The number of phenols is 2. The van der Waals surface area contributed by atoms with E-state index in [-0.39, 0.29) is 46.7 Å². The van der Waals surface area contributed by atoms with Crippen LogP contribution in [0.25, 0.3) is 0 Å². The Balaban J connectivity index is 0.000000273. The van der Waals surface area contributed by atoms with Gasteiger partial charge in [-0.05, 0) is 141 Å². The molecule has 0 heterocycles. The minimum absolute atomic E-state index is 0.00979. The molecule has 0 aliphatic heterocycles. The molecule has 0 fully saturated rings. The zero-order valence-electron chi connectivity index (χ0n) is 36.8. The molecule has 0 saturated heterocycles. The fraction of sp³-hybridized carbons (Fsp3) is 0.447. The monoisotopic (exact) mass is 884 g/mol. The van der Waals surface area contributed by atoms with Crippen molar-refractivity contribution in [3.8, 4) is 28.7 Å². The standard InChI is InChI=1S/C24H28O2.C23H35F3O5SSi2/c1-16(2)20-12-9-17(3)13-21(20)24-22(25)14-19(15-23(24)26)11-10-18-7-5-4-6-8-18;1-15(2)18-11-10-16(3)12-19(18)22-20(30-33(4,5)6)13-17(14-21(22)31-34(7,8)9)29-32(27,28)23(24,25)26/h4-8,13-15,20-21,25-26H,1,9-12H2,2-3H3;12-14,18-19H,1,10-11H2,2-9H3/t20-,21-;18-,19-/m11/s1. The van der Waals surface area contributed by atoms with E-state index in [4.69, 9.17) is 8.85 Å². The molecule has 0 amide bonds. The van der Waals surface area contributed by atoms with Gasteiger partial charge in [-0.2, -0.15) is 21.6 Å². The first-order valence-corrected chi connectivity index (χ1v) is 28.7. The van der Waals surface area contributed by atoms with E-state index in [0.29, 0.717) is 11.1 Å². The van der Waals surface area contributed by atoms with Crippen molar-refractivity contribution in [2.24, 2.45) is 11.8 Å². The van der Waals surface area contributed by atoms with Crippen molar-refractivity contribution in [2.45, 2.75) is 123 Å². The molecule has 0 radical (unpaired) electrons. The van der Waals surface area contributed by atoms with Crippen LogP contribution in [-0.4, -0.2) is 40.8 Å². The normalized spacial score (nSPS) is 19.9. The summed E-state index contributed by atoms with van der Waals surface area (Å²) in [6, 6.07) is 16.4. The summed E-state index contributed by atoms with van der Waals surface area (Å²) in [5.41, 5.74) is 2.55. The van der Waals surface area contributed by atoms with E-state index in [9.17, 15) is 31.8 Å². The Kier molecular flexibility index (Phi) is 15.5. The number of alkyl halides is 3. The van der Waals surface area contributed by atoms with E-state index in [0.717, 1.165) is 55.2 Å². The third-order valence-corrected chi connectivity index (χ3v) is 13.2. The Labute approximate surface area is 358 Å². The van der Waals surface area contributed by atoms with Gasteiger partial charge in [0.2, 0.25) is 16.6 Å². The SMILES string of the molecule is C=C(C)[C@H]1CCC(C)=C[C@H]1c1c(O)cc(CCc2ccccc2)cc1O.C=C(C)[C@H]1CCC(C)=C[C@H]1c1c(O[Si](C)(C)C)cc(OS(=O)(=O)C(F)(F)F)cc1O[Si](C)(C)C. The number of aryl methyl sites for hydroxylation is 2. The van der Waals surface area contributed by atoms with E-state index in [1.807, 2.05) is 90.4 Å². The van der Waals surface area contributed by atoms with Crippen molar-refractivity contribution in [1.29, 1.82) is 0 Å². The average Bonchev–Trinajstić information content (AvgIpc) is 3.09. The molecule has 0 unspecified atom stereocenters. The van der Waals surface area contributed by atoms with Crippen LogP contribution in [0.2, 0.25) is 39.3 Å². The summed E-state index contributed by atoms with van der Waals surface area (Å²) in [6.07, 6.45) is 9.81. The summed E-state index contributed by atoms with van der Waals surface area (Å²) in [4.78, 5) is 0. The molecule has 2 N–H and O–H groups in total. The number of hydrogen-bond acceptors (Lipinski definition) is 7. The van der Waals surface area contributed by atoms with Gasteiger partial charge in [0.05, 0.1) is 0 Å². The predicted molar refractivity (Wildman–Crippen MR) is 242 cm³/mol. The highest BCUT2D eigenvalue weighted by atomic mass is 32.2. The molecular weight excluding hydrogens is 822 g/mol. The molecule has 0 bridgehead atoms. The zero-order valence-corrected chi connectivity index (χ0v) is 39.6. The molecule has 2 aliphatic rings. The highest BCUT2D eigenvalue weighted by molar-refractivity contribution is 7.88. The van der Waals surface area contributed by atoms with Crippen LogP contribution in [-0.2, 0) is 23.0 Å². The Morgan fingerprint density at radius 3 is 1.53 bits per heavy atom. The van der Waals surface area contributed by atoms with Crippen LogP contribution in [0.5, 0.6) is 28.7 Å². The minimum Gasteiger partial charge on any atom is -0.544 e. The van der Waals surface area contributed by atoms with E-state index in [1.54, 1.807) is 0 Å². The van der Waals surface area contributed by atoms with Gasteiger partial charge in [0.1, 0.15) is 28.7 Å². The molecule has 0 saturated carbocycles. The first kappa shape index (κ1) is 48.5. The van der Waals surface area contributed by atoms with Crippen molar-refractivity contribution in [3.05, 3.63) is 124 Å². The third kappa shape index (κ3) is 13.1. The van der Waals surface area contributed by atoms with E-state index < -0.39 is 38.0 Å². The van der Waals surface area contributed by atoms with Gasteiger partial charge >= 0.3 is 15.6 Å². The maximum Gasteiger partial charge on any atom is 0.534 e. The van der Waals surface area contributed by atoms with Gasteiger partial charge in [-0.3, -0.25) is 0 Å². The summed E-state index contributed by atoms with van der Waals surface area (Å²) >= 11 is 0. The number of aromatic hydroxyl groups is 2. The molecule has 4 atom stereocenters. The quantitative estimate of drug-likeness (QED) is 0.0763. The minimum atomic E-state index is -5.86. The fourth-order valence-electron chi connectivity index (χ4n) is 7.87. The van der Waals surface area contributed by atoms with Crippen molar-refractivity contribution < 1.29 is 44.8 Å². The Morgan fingerprint density at radius 2 is 1.13 bits per heavy atom. The van der Waals surface area contributed by atoms with Crippen LogP contribution in [0.1, 0.15) is 87.5 Å². The summed E-state index contributed by atoms with van der Waals surface area (Å²) in [5, 5.41) is 21.4. The highest BCUT2D eigenvalue weighted by Gasteiger charge is 2.49. The Hall–Kier alpha value is -4.21. The fourth-order valence-corrected chi connectivity index (χ4v) is 9.97. The van der Waals surface area contributed by atoms with Crippen LogP contribution in [0.4, 0.5) is 13.2 Å². The largest absolute Gasteiger partial charge is 0.544 e. The molecule has 3 aromatic rings. The van der Waals surface area contributed by atoms with Crippen LogP contribution in [0, 0.1) is 11.8 Å². The molecule has 60 heavy (non-hydrogen) atoms. The summed E-state index contributed by atoms with van der Waals surface area (Å²) in [7, 11) is -10.4. The van der Waals surface area contributed by atoms with Crippen molar-refractivity contribution in [2.75, 3.05) is 0 Å². The van der Waals surface area contributed by atoms with Crippen LogP contribution in [0.15, 0.2) is 102 Å². The number of benzene rings is 3.